The van der Waals surface area contributed by atoms with Crippen LogP contribution in [0.2, 0.25) is 0 Å². The first kappa shape index (κ1) is 17.8. The van der Waals surface area contributed by atoms with Gasteiger partial charge in [0.1, 0.15) is 0 Å². The maximum Gasteiger partial charge on any atom is -0.0289 e. The molecule has 7 atom stereocenters. The average Bonchev–Trinajstić information content (AvgIpc) is 3.22. The highest BCUT2D eigenvalue weighted by Gasteiger charge is 2.50. The van der Waals surface area contributed by atoms with E-state index in [0.717, 1.165) is 47.3 Å². The largest absolute Gasteiger partial charge is 0.0998 e. The molecule has 0 aromatic rings. The molecule has 5 fully saturated rings. The summed E-state index contributed by atoms with van der Waals surface area (Å²) in [6, 6.07) is 0. The van der Waals surface area contributed by atoms with Crippen molar-refractivity contribution in [2.75, 3.05) is 0 Å². The van der Waals surface area contributed by atoms with Crippen LogP contribution in [0.25, 0.3) is 0 Å². The monoisotopic (exact) mass is 354 g/mol. The molecule has 0 radical (unpaired) electrons. The molecule has 0 saturated heterocycles. The lowest BCUT2D eigenvalue weighted by Gasteiger charge is -2.33. The van der Waals surface area contributed by atoms with Gasteiger partial charge < -0.3 is 0 Å². The smallest absolute Gasteiger partial charge is 0.0289 e. The summed E-state index contributed by atoms with van der Waals surface area (Å²) < 4.78 is 0. The second kappa shape index (κ2) is 7.63. The molecule has 26 heavy (non-hydrogen) atoms. The van der Waals surface area contributed by atoms with Crippen molar-refractivity contribution in [3.63, 3.8) is 0 Å². The Kier molecular flexibility index (Phi) is 5.23. The summed E-state index contributed by atoms with van der Waals surface area (Å²) in [4.78, 5) is 0. The van der Waals surface area contributed by atoms with Crippen molar-refractivity contribution in [3.05, 3.63) is 12.2 Å². The Hall–Kier alpha value is -0.260. The van der Waals surface area contributed by atoms with Crippen molar-refractivity contribution in [1.29, 1.82) is 0 Å². The van der Waals surface area contributed by atoms with Crippen molar-refractivity contribution in [1.82, 2.24) is 0 Å². The van der Waals surface area contributed by atoms with Gasteiger partial charge in [-0.15, -0.1) is 0 Å². The summed E-state index contributed by atoms with van der Waals surface area (Å²) in [5.41, 5.74) is 1.67. The molecule has 5 saturated carbocycles. The van der Waals surface area contributed by atoms with Crippen LogP contribution < -0.4 is 0 Å². The molecule has 0 aliphatic heterocycles. The van der Waals surface area contributed by atoms with Crippen molar-refractivity contribution in [3.8, 4) is 0 Å². The zero-order valence-electron chi connectivity index (χ0n) is 17.1. The third-order valence-corrected chi connectivity index (χ3v) is 9.96. The lowest BCUT2D eigenvalue weighted by molar-refractivity contribution is 0.184. The molecule has 7 unspecified atom stereocenters. The van der Waals surface area contributed by atoms with Gasteiger partial charge in [-0.1, -0.05) is 57.1 Å². The van der Waals surface area contributed by atoms with E-state index in [1.807, 2.05) is 0 Å². The highest BCUT2D eigenvalue weighted by Crippen LogP contribution is 2.59. The maximum atomic E-state index is 4.69. The van der Waals surface area contributed by atoms with E-state index in [0.29, 0.717) is 0 Å². The topological polar surface area (TPSA) is 0 Å². The third kappa shape index (κ3) is 3.22. The zero-order valence-corrected chi connectivity index (χ0v) is 17.1. The normalized spacial score (nSPS) is 47.8. The predicted octanol–water partition coefficient (Wildman–Crippen LogP) is 7.78. The summed E-state index contributed by atoms with van der Waals surface area (Å²) in [6.45, 7) is 4.69. The summed E-state index contributed by atoms with van der Waals surface area (Å²) in [5, 5.41) is 0. The molecular formula is C26H42. The minimum absolute atomic E-state index is 1.01. The van der Waals surface area contributed by atoms with Crippen LogP contribution in [-0.2, 0) is 0 Å². The number of allylic oxidation sites excluding steroid dienone is 1. The Morgan fingerprint density at radius 1 is 0.538 bits per heavy atom. The summed E-state index contributed by atoms with van der Waals surface area (Å²) in [7, 11) is 0. The highest BCUT2D eigenvalue weighted by molar-refractivity contribution is 5.07. The van der Waals surface area contributed by atoms with Gasteiger partial charge in [-0.3, -0.25) is 0 Å². The first-order valence-corrected chi connectivity index (χ1v) is 12.5. The second-order valence-electron chi connectivity index (χ2n) is 11.1. The van der Waals surface area contributed by atoms with E-state index in [1.165, 1.54) is 57.8 Å². The number of fused-ring (bicyclic) bond motifs is 4. The Morgan fingerprint density at radius 2 is 1.08 bits per heavy atom. The van der Waals surface area contributed by atoms with Crippen LogP contribution >= 0.6 is 0 Å². The maximum absolute atomic E-state index is 4.69. The van der Waals surface area contributed by atoms with Crippen LogP contribution in [0.15, 0.2) is 12.2 Å². The van der Waals surface area contributed by atoms with Crippen molar-refractivity contribution in [2.45, 2.75) is 103 Å². The van der Waals surface area contributed by atoms with E-state index in [2.05, 4.69) is 0 Å². The van der Waals surface area contributed by atoms with Crippen molar-refractivity contribution < 1.29 is 0 Å². The van der Waals surface area contributed by atoms with Gasteiger partial charge in [-0.25, -0.2) is 0 Å². The lowest BCUT2D eigenvalue weighted by atomic mass is 9.73. The van der Waals surface area contributed by atoms with E-state index >= 15 is 0 Å². The molecule has 5 rings (SSSR count). The minimum Gasteiger partial charge on any atom is -0.0998 e. The molecular weight excluding hydrogens is 312 g/mol. The van der Waals surface area contributed by atoms with Gasteiger partial charge in [-0.05, 0) is 105 Å². The Labute approximate surface area is 162 Å². The van der Waals surface area contributed by atoms with E-state index in [9.17, 15) is 0 Å². The lowest BCUT2D eigenvalue weighted by Crippen LogP contribution is -2.23. The molecule has 0 spiro atoms. The molecule has 0 bridgehead atoms. The Morgan fingerprint density at radius 3 is 1.73 bits per heavy atom. The van der Waals surface area contributed by atoms with Gasteiger partial charge in [0.15, 0.2) is 0 Å². The molecule has 5 aliphatic carbocycles. The van der Waals surface area contributed by atoms with Gasteiger partial charge in [0.2, 0.25) is 0 Å². The standard InChI is InChI=1S/C26H42/c1-18(16-20-15-14-19-8-2-3-9-21(19)20)17-26-24-12-6-4-10-22(24)23-11-5-7-13-25(23)26/h19-26H,1-17H2. The summed E-state index contributed by atoms with van der Waals surface area (Å²) in [5.74, 6) is 8.61. The first-order valence-electron chi connectivity index (χ1n) is 12.5. The quantitative estimate of drug-likeness (QED) is 0.452. The van der Waals surface area contributed by atoms with Gasteiger partial charge in [0.25, 0.3) is 0 Å². The average molecular weight is 355 g/mol. The zero-order chi connectivity index (χ0) is 17.5. The fourth-order valence-corrected chi connectivity index (χ4v) is 9.02. The summed E-state index contributed by atoms with van der Waals surface area (Å²) in [6.07, 6.45) is 24.4. The Balaban J connectivity index is 1.24. The van der Waals surface area contributed by atoms with E-state index in [1.54, 1.807) is 50.5 Å². The van der Waals surface area contributed by atoms with E-state index in [4.69, 9.17) is 6.58 Å². The van der Waals surface area contributed by atoms with Crippen LogP contribution in [0.3, 0.4) is 0 Å². The molecule has 0 heteroatoms. The molecule has 5 aliphatic rings. The third-order valence-electron chi connectivity index (χ3n) is 9.96. The number of hydrogen-bond acceptors (Lipinski definition) is 0. The number of hydrogen-bond donors (Lipinski definition) is 0. The summed E-state index contributed by atoms with van der Waals surface area (Å²) >= 11 is 0. The van der Waals surface area contributed by atoms with E-state index < -0.39 is 0 Å². The van der Waals surface area contributed by atoms with Gasteiger partial charge >= 0.3 is 0 Å². The number of rotatable bonds is 4. The fraction of sp³-hybridized carbons (Fsp3) is 0.923. The fourth-order valence-electron chi connectivity index (χ4n) is 9.02. The van der Waals surface area contributed by atoms with Crippen molar-refractivity contribution >= 4 is 0 Å². The van der Waals surface area contributed by atoms with Crippen LogP contribution in [0, 0.1) is 47.3 Å². The molecule has 0 N–H and O–H groups in total. The van der Waals surface area contributed by atoms with Crippen LogP contribution in [0.1, 0.15) is 103 Å². The highest BCUT2D eigenvalue weighted by atomic mass is 14.6. The van der Waals surface area contributed by atoms with Crippen LogP contribution in [0.5, 0.6) is 0 Å². The molecule has 0 nitrogen and oxygen atoms in total. The van der Waals surface area contributed by atoms with Crippen LogP contribution in [0.4, 0.5) is 0 Å². The Bertz CT molecular complexity index is 482. The van der Waals surface area contributed by atoms with E-state index in [-0.39, 0.29) is 0 Å². The van der Waals surface area contributed by atoms with Gasteiger partial charge in [0, 0.05) is 0 Å². The minimum atomic E-state index is 1.01. The van der Waals surface area contributed by atoms with Crippen LogP contribution in [-0.4, -0.2) is 0 Å². The molecule has 0 aromatic heterocycles. The predicted molar refractivity (Wildman–Crippen MR) is 111 cm³/mol. The van der Waals surface area contributed by atoms with Gasteiger partial charge in [-0.2, -0.15) is 0 Å². The SMILES string of the molecule is C=C(CC1CCC2CCCCC21)CC1C2CCCCC2C2CCCCC21. The van der Waals surface area contributed by atoms with Crippen molar-refractivity contribution in [2.24, 2.45) is 47.3 Å². The second-order valence-corrected chi connectivity index (χ2v) is 11.1. The molecule has 0 heterocycles. The molecule has 0 aromatic carbocycles. The molecule has 0 amide bonds. The molecule has 146 valence electrons. The first-order chi connectivity index (χ1) is 12.8. The van der Waals surface area contributed by atoms with Gasteiger partial charge in [0.05, 0.1) is 0 Å².